The molecule has 6 nitrogen and oxygen atoms in total. The van der Waals surface area contributed by atoms with Crippen LogP contribution in [0.3, 0.4) is 0 Å². The van der Waals surface area contributed by atoms with Crippen molar-refractivity contribution >= 4 is 23.0 Å². The fourth-order valence-corrected chi connectivity index (χ4v) is 2.18. The SMILES string of the molecule is COc1ccc(C(=O)N/N=C\c2ccc3cccc(O)c3n2)cc1. The fraction of sp³-hybridized carbons (Fsp3) is 0.0556. The number of phenols is 1. The topological polar surface area (TPSA) is 83.8 Å². The van der Waals surface area contributed by atoms with Gasteiger partial charge in [-0.05, 0) is 36.4 Å². The van der Waals surface area contributed by atoms with Crippen LogP contribution in [0, 0.1) is 0 Å². The molecule has 1 amide bonds. The monoisotopic (exact) mass is 321 g/mol. The Labute approximate surface area is 138 Å². The first-order chi connectivity index (χ1) is 11.7. The summed E-state index contributed by atoms with van der Waals surface area (Å²) >= 11 is 0. The first kappa shape index (κ1) is 15.5. The number of aromatic hydroxyl groups is 1. The van der Waals surface area contributed by atoms with Gasteiger partial charge in [0.25, 0.3) is 5.91 Å². The first-order valence-corrected chi connectivity index (χ1v) is 7.23. The highest BCUT2D eigenvalue weighted by atomic mass is 16.5. The number of phenolic OH excluding ortho intramolecular Hbond substituents is 1. The average molecular weight is 321 g/mol. The van der Waals surface area contributed by atoms with E-state index in [-0.39, 0.29) is 11.7 Å². The lowest BCUT2D eigenvalue weighted by atomic mass is 10.2. The molecule has 0 spiro atoms. The molecule has 24 heavy (non-hydrogen) atoms. The molecule has 1 heterocycles. The van der Waals surface area contributed by atoms with Gasteiger partial charge in [-0.25, -0.2) is 10.4 Å². The molecule has 0 aliphatic heterocycles. The van der Waals surface area contributed by atoms with E-state index in [1.165, 1.54) is 6.21 Å². The molecule has 0 bridgehead atoms. The Hall–Kier alpha value is -3.41. The number of carbonyl (C=O) groups excluding carboxylic acids is 1. The van der Waals surface area contributed by atoms with Crippen LogP contribution in [0.4, 0.5) is 0 Å². The highest BCUT2D eigenvalue weighted by molar-refractivity contribution is 5.95. The van der Waals surface area contributed by atoms with Gasteiger partial charge in [0.05, 0.1) is 19.0 Å². The van der Waals surface area contributed by atoms with Gasteiger partial charge in [-0.2, -0.15) is 5.10 Å². The van der Waals surface area contributed by atoms with Gasteiger partial charge in [0, 0.05) is 10.9 Å². The average Bonchev–Trinajstić information content (AvgIpc) is 2.62. The van der Waals surface area contributed by atoms with E-state index in [1.54, 1.807) is 49.6 Å². The van der Waals surface area contributed by atoms with E-state index in [0.717, 1.165) is 5.39 Å². The Morgan fingerprint density at radius 3 is 2.71 bits per heavy atom. The molecule has 0 saturated heterocycles. The van der Waals surface area contributed by atoms with Gasteiger partial charge < -0.3 is 9.84 Å². The highest BCUT2D eigenvalue weighted by Crippen LogP contribution is 2.21. The van der Waals surface area contributed by atoms with E-state index in [4.69, 9.17) is 4.74 Å². The summed E-state index contributed by atoms with van der Waals surface area (Å²) in [5.74, 6) is 0.442. The van der Waals surface area contributed by atoms with Gasteiger partial charge >= 0.3 is 0 Å². The third kappa shape index (κ3) is 3.33. The lowest BCUT2D eigenvalue weighted by Crippen LogP contribution is -2.17. The number of rotatable bonds is 4. The van der Waals surface area contributed by atoms with Gasteiger partial charge in [-0.15, -0.1) is 0 Å². The van der Waals surface area contributed by atoms with Crippen molar-refractivity contribution in [3.05, 3.63) is 65.9 Å². The summed E-state index contributed by atoms with van der Waals surface area (Å²) in [5, 5.41) is 14.5. The van der Waals surface area contributed by atoms with Crippen LogP contribution in [0.25, 0.3) is 10.9 Å². The molecule has 3 rings (SSSR count). The van der Waals surface area contributed by atoms with Crippen molar-refractivity contribution < 1.29 is 14.6 Å². The van der Waals surface area contributed by atoms with Crippen molar-refractivity contribution in [1.29, 1.82) is 0 Å². The number of hydrogen-bond donors (Lipinski definition) is 2. The van der Waals surface area contributed by atoms with E-state index >= 15 is 0 Å². The Kier molecular flexibility index (Phi) is 4.38. The van der Waals surface area contributed by atoms with Crippen LogP contribution in [0.1, 0.15) is 16.1 Å². The molecule has 0 fully saturated rings. The van der Waals surface area contributed by atoms with Gasteiger partial charge in [-0.1, -0.05) is 18.2 Å². The smallest absolute Gasteiger partial charge is 0.271 e. The van der Waals surface area contributed by atoms with Crippen LogP contribution in [0.15, 0.2) is 59.7 Å². The van der Waals surface area contributed by atoms with Crippen molar-refractivity contribution in [1.82, 2.24) is 10.4 Å². The molecular formula is C18H15N3O3. The lowest BCUT2D eigenvalue weighted by molar-refractivity contribution is 0.0955. The number of carbonyl (C=O) groups is 1. The largest absolute Gasteiger partial charge is 0.506 e. The van der Waals surface area contributed by atoms with E-state index in [0.29, 0.717) is 22.5 Å². The Morgan fingerprint density at radius 2 is 1.96 bits per heavy atom. The molecule has 0 unspecified atom stereocenters. The molecule has 120 valence electrons. The standard InChI is InChI=1S/C18H15N3O3/c1-24-15-9-6-13(7-10-15)18(23)21-19-11-14-8-5-12-3-2-4-16(22)17(12)20-14/h2-11,22H,1H3,(H,21,23)/b19-11-. The molecule has 3 aromatic rings. The molecule has 0 aliphatic rings. The van der Waals surface area contributed by atoms with Crippen LogP contribution in [0.2, 0.25) is 0 Å². The van der Waals surface area contributed by atoms with E-state index in [2.05, 4.69) is 15.5 Å². The second-order valence-corrected chi connectivity index (χ2v) is 5.01. The van der Waals surface area contributed by atoms with Crippen molar-refractivity contribution in [3.8, 4) is 11.5 Å². The highest BCUT2D eigenvalue weighted by Gasteiger charge is 2.04. The van der Waals surface area contributed by atoms with E-state index in [9.17, 15) is 9.90 Å². The van der Waals surface area contributed by atoms with Crippen LogP contribution >= 0.6 is 0 Å². The molecular weight excluding hydrogens is 306 g/mol. The number of nitrogens with one attached hydrogen (secondary N) is 1. The fourth-order valence-electron chi connectivity index (χ4n) is 2.18. The summed E-state index contributed by atoms with van der Waals surface area (Å²) in [5.41, 5.74) is 3.92. The number of ether oxygens (including phenoxy) is 1. The Balaban J connectivity index is 1.71. The maximum Gasteiger partial charge on any atom is 0.271 e. The Bertz CT molecular complexity index is 905. The van der Waals surface area contributed by atoms with Gasteiger partial charge in [0.1, 0.15) is 17.0 Å². The summed E-state index contributed by atoms with van der Waals surface area (Å²) < 4.78 is 5.04. The minimum Gasteiger partial charge on any atom is -0.506 e. The number of hydrazone groups is 1. The zero-order valence-electron chi connectivity index (χ0n) is 12.9. The molecule has 6 heteroatoms. The molecule has 0 atom stereocenters. The zero-order valence-corrected chi connectivity index (χ0v) is 12.9. The van der Waals surface area contributed by atoms with Crippen LogP contribution in [-0.4, -0.2) is 29.3 Å². The lowest BCUT2D eigenvalue weighted by Gasteiger charge is -2.02. The van der Waals surface area contributed by atoms with Crippen molar-refractivity contribution in [3.63, 3.8) is 0 Å². The number of methoxy groups -OCH3 is 1. The summed E-state index contributed by atoms with van der Waals surface area (Å²) in [7, 11) is 1.56. The first-order valence-electron chi connectivity index (χ1n) is 7.23. The van der Waals surface area contributed by atoms with Crippen LogP contribution in [0.5, 0.6) is 11.5 Å². The summed E-state index contributed by atoms with van der Waals surface area (Å²) in [6.07, 6.45) is 1.42. The normalized spacial score (nSPS) is 10.9. The number of pyridine rings is 1. The molecule has 2 N–H and O–H groups in total. The maximum atomic E-state index is 12.0. The van der Waals surface area contributed by atoms with Crippen LogP contribution < -0.4 is 10.2 Å². The number of nitrogens with zero attached hydrogens (tertiary/aromatic N) is 2. The summed E-state index contributed by atoms with van der Waals surface area (Å²) in [6.45, 7) is 0. The molecule has 0 radical (unpaired) electrons. The molecule has 0 aliphatic carbocycles. The number of para-hydroxylation sites is 1. The predicted octanol–water partition coefficient (Wildman–Crippen LogP) is 2.71. The number of fused-ring (bicyclic) bond motifs is 1. The van der Waals surface area contributed by atoms with Crippen LogP contribution in [-0.2, 0) is 0 Å². The number of aromatic nitrogens is 1. The second-order valence-electron chi connectivity index (χ2n) is 5.01. The third-order valence-corrected chi connectivity index (χ3v) is 3.44. The van der Waals surface area contributed by atoms with Gasteiger partial charge in [0.15, 0.2) is 0 Å². The zero-order chi connectivity index (χ0) is 16.9. The van der Waals surface area contributed by atoms with Crippen molar-refractivity contribution in [2.24, 2.45) is 5.10 Å². The van der Waals surface area contributed by atoms with Gasteiger partial charge in [-0.3, -0.25) is 4.79 Å². The minimum absolute atomic E-state index is 0.102. The van der Waals surface area contributed by atoms with Crippen molar-refractivity contribution in [2.75, 3.05) is 7.11 Å². The minimum atomic E-state index is -0.336. The van der Waals surface area contributed by atoms with Crippen molar-refractivity contribution in [2.45, 2.75) is 0 Å². The third-order valence-electron chi connectivity index (χ3n) is 3.44. The molecule has 2 aromatic carbocycles. The van der Waals surface area contributed by atoms with E-state index in [1.807, 2.05) is 12.1 Å². The molecule has 0 saturated carbocycles. The summed E-state index contributed by atoms with van der Waals surface area (Å²) in [6, 6.07) is 15.5. The van der Waals surface area contributed by atoms with Gasteiger partial charge in [0.2, 0.25) is 0 Å². The quantitative estimate of drug-likeness (QED) is 0.571. The number of benzene rings is 2. The number of amides is 1. The maximum absolute atomic E-state index is 12.0. The predicted molar refractivity (Wildman–Crippen MR) is 91.5 cm³/mol. The Morgan fingerprint density at radius 1 is 1.17 bits per heavy atom. The number of hydrogen-bond acceptors (Lipinski definition) is 5. The molecule has 1 aromatic heterocycles. The summed E-state index contributed by atoms with van der Waals surface area (Å²) in [4.78, 5) is 16.3. The van der Waals surface area contributed by atoms with E-state index < -0.39 is 0 Å². The second kappa shape index (κ2) is 6.78.